The third kappa shape index (κ3) is 4.04. The average Bonchev–Trinajstić information content (AvgIpc) is 2.73. The van der Waals surface area contributed by atoms with Gasteiger partial charge in [-0.2, -0.15) is 0 Å². The number of halogens is 1. The van der Waals surface area contributed by atoms with Gasteiger partial charge in [0, 0.05) is 18.0 Å². The SMILES string of the molecule is Oc1ccc(CNCCc2ccc(Cl)s2)cc1. The first-order valence-corrected chi connectivity index (χ1v) is 6.66. The lowest BCUT2D eigenvalue weighted by molar-refractivity contribution is 0.475. The number of thiophene rings is 1. The number of aromatic hydroxyl groups is 1. The van der Waals surface area contributed by atoms with Crippen molar-refractivity contribution in [3.05, 3.63) is 51.2 Å². The predicted molar refractivity (Wildman–Crippen MR) is 72.8 cm³/mol. The van der Waals surface area contributed by atoms with Crippen molar-refractivity contribution in [1.82, 2.24) is 5.32 Å². The predicted octanol–water partition coefficient (Wildman–Crippen LogP) is 3.44. The van der Waals surface area contributed by atoms with Crippen molar-refractivity contribution in [1.29, 1.82) is 0 Å². The summed E-state index contributed by atoms with van der Waals surface area (Å²) in [4.78, 5) is 1.30. The molecule has 0 unspecified atom stereocenters. The topological polar surface area (TPSA) is 32.3 Å². The summed E-state index contributed by atoms with van der Waals surface area (Å²) in [5, 5.41) is 12.5. The maximum atomic E-state index is 9.15. The van der Waals surface area contributed by atoms with Crippen molar-refractivity contribution >= 4 is 22.9 Å². The molecule has 0 aliphatic carbocycles. The van der Waals surface area contributed by atoms with Crippen LogP contribution in [0.4, 0.5) is 0 Å². The van der Waals surface area contributed by atoms with Crippen LogP contribution in [0.1, 0.15) is 10.4 Å². The van der Waals surface area contributed by atoms with Crippen LogP contribution in [-0.4, -0.2) is 11.7 Å². The van der Waals surface area contributed by atoms with Crippen LogP contribution >= 0.6 is 22.9 Å². The van der Waals surface area contributed by atoms with E-state index in [1.54, 1.807) is 23.5 Å². The molecule has 1 aromatic heterocycles. The van der Waals surface area contributed by atoms with E-state index in [0.717, 1.165) is 23.8 Å². The molecule has 0 spiro atoms. The Hall–Kier alpha value is -1.03. The van der Waals surface area contributed by atoms with E-state index in [9.17, 15) is 0 Å². The van der Waals surface area contributed by atoms with Crippen molar-refractivity contribution in [2.75, 3.05) is 6.54 Å². The molecule has 4 heteroatoms. The molecule has 0 aliphatic rings. The smallest absolute Gasteiger partial charge is 0.115 e. The molecule has 0 saturated carbocycles. The molecule has 0 radical (unpaired) electrons. The summed E-state index contributed by atoms with van der Waals surface area (Å²) in [5.41, 5.74) is 1.17. The molecule has 0 fully saturated rings. The third-order valence-corrected chi connectivity index (χ3v) is 3.73. The van der Waals surface area contributed by atoms with Crippen molar-refractivity contribution < 1.29 is 5.11 Å². The summed E-state index contributed by atoms with van der Waals surface area (Å²) in [6.07, 6.45) is 0.996. The van der Waals surface area contributed by atoms with Gasteiger partial charge in [0.25, 0.3) is 0 Å². The highest BCUT2D eigenvalue weighted by molar-refractivity contribution is 7.16. The minimum absolute atomic E-state index is 0.307. The zero-order valence-electron chi connectivity index (χ0n) is 9.32. The fourth-order valence-corrected chi connectivity index (χ4v) is 2.63. The fraction of sp³-hybridized carbons (Fsp3) is 0.231. The van der Waals surface area contributed by atoms with Crippen molar-refractivity contribution in [2.24, 2.45) is 0 Å². The number of hydrogen-bond acceptors (Lipinski definition) is 3. The van der Waals surface area contributed by atoms with E-state index in [1.807, 2.05) is 18.2 Å². The normalized spacial score (nSPS) is 10.6. The highest BCUT2D eigenvalue weighted by Crippen LogP contribution is 2.21. The number of rotatable bonds is 5. The highest BCUT2D eigenvalue weighted by Gasteiger charge is 1.98. The molecule has 0 saturated heterocycles. The maximum Gasteiger partial charge on any atom is 0.115 e. The lowest BCUT2D eigenvalue weighted by atomic mass is 10.2. The second-order valence-corrected chi connectivity index (χ2v) is 5.60. The molecule has 17 heavy (non-hydrogen) atoms. The maximum absolute atomic E-state index is 9.15. The lowest BCUT2D eigenvalue weighted by Gasteiger charge is -2.04. The van der Waals surface area contributed by atoms with Gasteiger partial charge in [-0.15, -0.1) is 11.3 Å². The molecular weight excluding hydrogens is 254 g/mol. The van der Waals surface area contributed by atoms with Crippen LogP contribution in [0.2, 0.25) is 4.34 Å². The Labute approximate surface area is 110 Å². The number of phenolic OH excluding ortho intramolecular Hbond substituents is 1. The van der Waals surface area contributed by atoms with E-state index < -0.39 is 0 Å². The van der Waals surface area contributed by atoms with Gasteiger partial charge in [0.05, 0.1) is 4.34 Å². The summed E-state index contributed by atoms with van der Waals surface area (Å²) in [5.74, 6) is 0.307. The Kier molecular flexibility index (Phi) is 4.42. The largest absolute Gasteiger partial charge is 0.508 e. The molecule has 0 bridgehead atoms. The van der Waals surface area contributed by atoms with Gasteiger partial charge in [-0.25, -0.2) is 0 Å². The van der Waals surface area contributed by atoms with E-state index in [-0.39, 0.29) is 0 Å². The van der Waals surface area contributed by atoms with Crippen LogP contribution in [0, 0.1) is 0 Å². The van der Waals surface area contributed by atoms with Gasteiger partial charge in [0.2, 0.25) is 0 Å². The number of hydrogen-bond donors (Lipinski definition) is 2. The molecule has 0 aliphatic heterocycles. The van der Waals surface area contributed by atoms with Gasteiger partial charge < -0.3 is 10.4 Å². The molecule has 2 N–H and O–H groups in total. The lowest BCUT2D eigenvalue weighted by Crippen LogP contribution is -2.16. The number of nitrogens with one attached hydrogen (secondary N) is 1. The van der Waals surface area contributed by atoms with Crippen LogP contribution in [0.15, 0.2) is 36.4 Å². The Morgan fingerprint density at radius 2 is 1.88 bits per heavy atom. The number of benzene rings is 1. The summed E-state index contributed by atoms with van der Waals surface area (Å²) >= 11 is 7.49. The Morgan fingerprint density at radius 1 is 1.12 bits per heavy atom. The van der Waals surface area contributed by atoms with Crippen LogP contribution in [0.3, 0.4) is 0 Å². The highest BCUT2D eigenvalue weighted by atomic mass is 35.5. The molecule has 1 heterocycles. The molecule has 2 nitrogen and oxygen atoms in total. The minimum Gasteiger partial charge on any atom is -0.508 e. The van der Waals surface area contributed by atoms with Gasteiger partial charge in [-0.05, 0) is 36.2 Å². The van der Waals surface area contributed by atoms with Gasteiger partial charge in [0.1, 0.15) is 5.75 Å². The summed E-state index contributed by atoms with van der Waals surface area (Å²) in [6.45, 7) is 1.75. The van der Waals surface area contributed by atoms with E-state index in [4.69, 9.17) is 16.7 Å². The van der Waals surface area contributed by atoms with Gasteiger partial charge in [0.15, 0.2) is 0 Å². The molecule has 0 atom stereocenters. The summed E-state index contributed by atoms with van der Waals surface area (Å²) in [7, 11) is 0. The fourth-order valence-electron chi connectivity index (χ4n) is 1.54. The van der Waals surface area contributed by atoms with Crippen molar-refractivity contribution in [2.45, 2.75) is 13.0 Å². The van der Waals surface area contributed by atoms with Gasteiger partial charge >= 0.3 is 0 Å². The molecule has 0 amide bonds. The standard InChI is InChI=1S/C13H14ClNOS/c14-13-6-5-12(17-13)7-8-15-9-10-1-3-11(16)4-2-10/h1-6,15-16H,7-9H2. The number of phenols is 1. The van der Waals surface area contributed by atoms with Gasteiger partial charge in [-0.1, -0.05) is 23.7 Å². The molecule has 2 aromatic rings. The Balaban J connectivity index is 1.71. The summed E-state index contributed by atoms with van der Waals surface area (Å²) in [6, 6.07) is 11.2. The minimum atomic E-state index is 0.307. The second kappa shape index (κ2) is 6.05. The quantitative estimate of drug-likeness (QED) is 0.814. The van der Waals surface area contributed by atoms with E-state index >= 15 is 0 Å². The molecule has 2 rings (SSSR count). The first-order chi connectivity index (χ1) is 8.24. The van der Waals surface area contributed by atoms with E-state index in [1.165, 1.54) is 10.4 Å². The first kappa shape index (κ1) is 12.4. The first-order valence-electron chi connectivity index (χ1n) is 5.47. The van der Waals surface area contributed by atoms with Crippen LogP contribution < -0.4 is 5.32 Å². The average molecular weight is 268 g/mol. The monoisotopic (exact) mass is 267 g/mol. The van der Waals surface area contributed by atoms with Crippen LogP contribution in [0.25, 0.3) is 0 Å². The third-order valence-electron chi connectivity index (χ3n) is 2.44. The van der Waals surface area contributed by atoms with Crippen LogP contribution in [0.5, 0.6) is 5.75 Å². The molecule has 90 valence electrons. The van der Waals surface area contributed by atoms with Crippen molar-refractivity contribution in [3.8, 4) is 5.75 Å². The van der Waals surface area contributed by atoms with E-state index in [0.29, 0.717) is 5.75 Å². The molecular formula is C13H14ClNOS. The van der Waals surface area contributed by atoms with Crippen LogP contribution in [-0.2, 0) is 13.0 Å². The zero-order chi connectivity index (χ0) is 12.1. The second-order valence-electron chi connectivity index (χ2n) is 3.80. The van der Waals surface area contributed by atoms with E-state index in [2.05, 4.69) is 11.4 Å². The van der Waals surface area contributed by atoms with Crippen molar-refractivity contribution in [3.63, 3.8) is 0 Å². The Bertz CT molecular complexity index is 467. The zero-order valence-corrected chi connectivity index (χ0v) is 10.9. The Morgan fingerprint density at radius 3 is 2.53 bits per heavy atom. The molecule has 1 aromatic carbocycles. The summed E-state index contributed by atoms with van der Waals surface area (Å²) < 4.78 is 0.846. The van der Waals surface area contributed by atoms with Gasteiger partial charge in [-0.3, -0.25) is 0 Å².